The summed E-state index contributed by atoms with van der Waals surface area (Å²) in [5.74, 6) is 0. The van der Waals surface area contributed by atoms with E-state index in [2.05, 4.69) is 0 Å². The fourth-order valence-electron chi connectivity index (χ4n) is 1.67. The van der Waals surface area contributed by atoms with Gasteiger partial charge < -0.3 is 18.9 Å². The van der Waals surface area contributed by atoms with Gasteiger partial charge in [-0.3, -0.25) is 0 Å². The molecule has 4 nitrogen and oxygen atoms in total. The first-order chi connectivity index (χ1) is 11.7. The summed E-state index contributed by atoms with van der Waals surface area (Å²) in [7, 11) is 0. The maximum absolute atomic E-state index is 5.03. The monoisotopic (exact) mass is 528 g/mol. The van der Waals surface area contributed by atoms with E-state index in [1.165, 1.54) is 25.7 Å². The van der Waals surface area contributed by atoms with E-state index in [9.17, 15) is 0 Å². The molecule has 0 N–H and O–H groups in total. The molecule has 4 rings (SSSR count). The van der Waals surface area contributed by atoms with Crippen molar-refractivity contribution in [2.24, 2.45) is 0 Å². The van der Waals surface area contributed by atoms with Crippen molar-refractivity contribution in [3.63, 3.8) is 0 Å². The average Bonchev–Trinajstić information content (AvgIpc) is 3.46. The first-order valence-electron chi connectivity index (χ1n) is 8.39. The summed E-state index contributed by atoms with van der Waals surface area (Å²) >= 11 is -2.31. The van der Waals surface area contributed by atoms with Crippen LogP contribution in [-0.4, -0.2) is 26.4 Å². The van der Waals surface area contributed by atoms with Crippen molar-refractivity contribution in [3.05, 3.63) is 26.4 Å². The first kappa shape index (κ1) is 25.9. The van der Waals surface area contributed by atoms with E-state index in [1.807, 2.05) is 26.4 Å². The van der Waals surface area contributed by atoms with Gasteiger partial charge in [0.05, 0.1) is 0 Å². The summed E-state index contributed by atoms with van der Waals surface area (Å²) < 4.78 is 19.3. The fraction of sp³-hybridized carbons (Fsp3) is 0.750. The predicted octanol–water partition coefficient (Wildman–Crippen LogP) is 5.90. The van der Waals surface area contributed by atoms with Gasteiger partial charge in [0.15, 0.2) is 0 Å². The van der Waals surface area contributed by atoms with Crippen molar-refractivity contribution >= 4 is 20.4 Å². The van der Waals surface area contributed by atoms with Gasteiger partial charge in [-0.25, -0.2) is 26.4 Å². The molecule has 0 radical (unpaired) electrons. The Kier molecular flexibility index (Phi) is 24.8. The molecule has 4 heterocycles. The minimum atomic E-state index is -2.31. The molecule has 0 aliphatic carbocycles. The minimum absolute atomic E-state index is 0.944. The average molecular weight is 530 g/mol. The summed E-state index contributed by atoms with van der Waals surface area (Å²) in [5.41, 5.74) is 0. The van der Waals surface area contributed by atoms with Gasteiger partial charge in [-0.05, 0) is 0 Å². The zero-order valence-corrected chi connectivity index (χ0v) is 20.0. The van der Waals surface area contributed by atoms with Crippen molar-refractivity contribution in [2.75, 3.05) is 26.4 Å². The zero-order valence-electron chi connectivity index (χ0n) is 14.1. The molecule has 0 saturated carbocycles. The molecule has 0 aromatic rings. The molecule has 0 atom stereocenters. The third kappa shape index (κ3) is 26.1. The van der Waals surface area contributed by atoms with E-state index < -0.39 is 25.7 Å². The summed E-state index contributed by atoms with van der Waals surface area (Å²) in [6.45, 7) is 26.3. The van der Waals surface area contributed by atoms with Gasteiger partial charge >= 0.3 is 46.0 Å². The topological polar surface area (TPSA) is 36.9 Å². The first-order valence-corrected chi connectivity index (χ1v) is 22.0. The number of hydrogen-bond acceptors (Lipinski definition) is 4. The quantitative estimate of drug-likeness (QED) is 0.366. The van der Waals surface area contributed by atoms with Crippen molar-refractivity contribution in [3.8, 4) is 0 Å². The molecular formula is C16H28Cl3LaO4-4. The predicted molar refractivity (Wildman–Crippen MR) is 95.5 cm³/mol. The Hall–Kier alpha value is 1.90. The van der Waals surface area contributed by atoms with E-state index in [4.69, 9.17) is 39.3 Å². The Labute approximate surface area is 167 Å². The van der Waals surface area contributed by atoms with Crippen LogP contribution in [0.25, 0.3) is 0 Å². The van der Waals surface area contributed by atoms with Crippen LogP contribution in [0.2, 0.25) is 0 Å². The third-order valence-corrected chi connectivity index (χ3v) is 2.81. The summed E-state index contributed by atoms with van der Waals surface area (Å²) in [4.78, 5) is 0. The zero-order chi connectivity index (χ0) is 17.7. The van der Waals surface area contributed by atoms with Crippen LogP contribution in [0.15, 0.2) is 0 Å². The number of halogens is 3. The van der Waals surface area contributed by atoms with Gasteiger partial charge in [0.1, 0.15) is 0 Å². The van der Waals surface area contributed by atoms with Gasteiger partial charge in [0, 0.05) is 26.4 Å². The Morgan fingerprint density at radius 1 is 0.500 bits per heavy atom. The normalized spacial score (nSPS) is 21.1. The van der Waals surface area contributed by atoms with Crippen LogP contribution in [0.1, 0.15) is 51.4 Å². The van der Waals surface area contributed by atoms with Gasteiger partial charge in [-0.15, -0.1) is 0 Å². The van der Waals surface area contributed by atoms with Gasteiger partial charge in [0.25, 0.3) is 0 Å². The Morgan fingerprint density at radius 2 is 0.708 bits per heavy atom. The maximum atomic E-state index is 5.03. The molecule has 0 aromatic heterocycles. The Balaban J connectivity index is 0.000000277. The standard InChI is InChI=1S/4C4H7O.3ClH.La/c4*1-2-4-5-3-1;;;;/h4*3H,1-2,4H2;3*1H;/q4*-1;;;;+3/p-3. The SMILES string of the molecule is [CH-]1CCCO1.[CH-]1CCCO1.[CH-]1CCCO1.[CH-]1CCCO1.[Cl][La]([Cl])[Cl]. The number of rotatable bonds is 0. The molecule has 0 aromatic carbocycles. The summed E-state index contributed by atoms with van der Waals surface area (Å²) in [6, 6.07) is 0. The second-order valence-electron chi connectivity index (χ2n) is 4.97. The molecule has 4 fully saturated rings. The van der Waals surface area contributed by atoms with Crippen LogP contribution in [-0.2, 0) is 18.9 Å². The molecule has 4 saturated heterocycles. The van der Waals surface area contributed by atoms with Crippen molar-refractivity contribution < 1.29 is 44.6 Å². The van der Waals surface area contributed by atoms with E-state index >= 15 is 0 Å². The molecule has 144 valence electrons. The Bertz CT molecular complexity index is 150. The van der Waals surface area contributed by atoms with Gasteiger partial charge in [0.2, 0.25) is 0 Å². The van der Waals surface area contributed by atoms with E-state index in [0.717, 1.165) is 52.1 Å². The third-order valence-electron chi connectivity index (χ3n) is 2.81. The van der Waals surface area contributed by atoms with E-state index in [1.54, 1.807) is 0 Å². The molecule has 4 aliphatic heterocycles. The van der Waals surface area contributed by atoms with E-state index in [-0.39, 0.29) is 0 Å². The molecule has 0 spiro atoms. The number of hydrogen-bond donors (Lipinski definition) is 0. The molecular weight excluding hydrogens is 501 g/mol. The van der Waals surface area contributed by atoms with Crippen LogP contribution in [0, 0.1) is 52.1 Å². The fourth-order valence-corrected chi connectivity index (χ4v) is 1.67. The molecule has 4 aliphatic rings. The van der Waals surface area contributed by atoms with Crippen LogP contribution in [0.3, 0.4) is 0 Å². The van der Waals surface area contributed by atoms with Gasteiger partial charge in [-0.2, -0.15) is 25.7 Å². The van der Waals surface area contributed by atoms with E-state index in [0.29, 0.717) is 0 Å². The Morgan fingerprint density at radius 3 is 0.750 bits per heavy atom. The second kappa shape index (κ2) is 22.9. The van der Waals surface area contributed by atoms with Crippen LogP contribution in [0.4, 0.5) is 0 Å². The summed E-state index contributed by atoms with van der Waals surface area (Å²) in [5, 5.41) is 0. The van der Waals surface area contributed by atoms with Crippen LogP contribution >= 0.6 is 20.4 Å². The van der Waals surface area contributed by atoms with Crippen molar-refractivity contribution in [1.82, 2.24) is 0 Å². The van der Waals surface area contributed by atoms with Crippen LogP contribution in [0.5, 0.6) is 0 Å². The second-order valence-corrected chi connectivity index (χ2v) is 20.9. The van der Waals surface area contributed by atoms with Crippen molar-refractivity contribution in [2.45, 2.75) is 51.4 Å². The van der Waals surface area contributed by atoms with Crippen molar-refractivity contribution in [1.29, 1.82) is 0 Å². The van der Waals surface area contributed by atoms with Crippen LogP contribution < -0.4 is 0 Å². The molecule has 0 amide bonds. The number of ether oxygens (including phenoxy) is 4. The van der Waals surface area contributed by atoms with Gasteiger partial charge in [-0.1, -0.05) is 25.7 Å². The molecule has 0 unspecified atom stereocenters. The molecule has 0 bridgehead atoms. The molecule has 8 heteroatoms. The summed E-state index contributed by atoms with van der Waals surface area (Å²) in [6.07, 6.45) is 9.50. The molecule has 24 heavy (non-hydrogen) atoms.